The number of ether oxygens (including phenoxy) is 2. The molecule has 3 aliphatic rings. The number of H-pyrrole nitrogens is 2. The van der Waals surface area contributed by atoms with Gasteiger partial charge < -0.3 is 29.2 Å². The highest BCUT2D eigenvalue weighted by molar-refractivity contribution is 5.89. The van der Waals surface area contributed by atoms with Crippen molar-refractivity contribution in [1.82, 2.24) is 24.9 Å². The van der Waals surface area contributed by atoms with Crippen LogP contribution in [0, 0.1) is 0 Å². The molecular formula is C22H23N7O2. The molecule has 6 heterocycles. The van der Waals surface area contributed by atoms with E-state index in [0.717, 1.165) is 72.5 Å². The summed E-state index contributed by atoms with van der Waals surface area (Å²) in [6.07, 6.45) is 3.30. The number of nitrogens with one attached hydrogen (secondary N) is 2. The van der Waals surface area contributed by atoms with Gasteiger partial charge in [-0.3, -0.25) is 0 Å². The Balaban J connectivity index is 1.37. The van der Waals surface area contributed by atoms with Gasteiger partial charge in [0.25, 0.3) is 0 Å². The normalized spacial score (nSPS) is 23.5. The Morgan fingerprint density at radius 1 is 1.06 bits per heavy atom. The van der Waals surface area contributed by atoms with Gasteiger partial charge in [0.05, 0.1) is 32.0 Å². The zero-order valence-corrected chi connectivity index (χ0v) is 17.0. The Labute approximate surface area is 178 Å². The fourth-order valence-corrected chi connectivity index (χ4v) is 4.97. The van der Waals surface area contributed by atoms with E-state index < -0.39 is 0 Å². The molecule has 0 spiro atoms. The molecule has 158 valence electrons. The summed E-state index contributed by atoms with van der Waals surface area (Å²) in [5.74, 6) is 2.46. The van der Waals surface area contributed by atoms with Crippen molar-refractivity contribution in [2.45, 2.75) is 18.6 Å². The van der Waals surface area contributed by atoms with Gasteiger partial charge in [0.1, 0.15) is 5.82 Å². The second kappa shape index (κ2) is 6.66. The van der Waals surface area contributed by atoms with E-state index in [1.54, 1.807) is 0 Å². The third kappa shape index (κ3) is 2.80. The SMILES string of the molecule is c1cc2ccc(-c3nc4c(N5C[C@@H]6C[C@H]5CO6)nc(N5CCOCC5)nc4[nH]3)cc2[nH]1. The Bertz CT molecular complexity index is 1280. The average Bonchev–Trinajstić information content (AvgIpc) is 3.61. The quantitative estimate of drug-likeness (QED) is 0.528. The molecule has 9 nitrogen and oxygen atoms in total. The number of nitrogens with zero attached hydrogens (tertiary/aromatic N) is 5. The predicted molar refractivity (Wildman–Crippen MR) is 117 cm³/mol. The molecule has 1 aromatic carbocycles. The van der Waals surface area contributed by atoms with E-state index in [1.807, 2.05) is 6.20 Å². The lowest BCUT2D eigenvalue weighted by molar-refractivity contribution is 0.0989. The standard InChI is InChI=1S/C22H23N7O2/c1-2-14(9-17-13(1)3-4-23-17)19-24-18-20(25-19)26-22(28-5-7-30-8-6-28)27-21(18)29-11-16-10-15(29)12-31-16/h1-4,9,15-16,23H,5-8,10-12H2,(H,24,25,26,27)/t15-,16-/m0/s1. The van der Waals surface area contributed by atoms with Gasteiger partial charge in [-0.2, -0.15) is 9.97 Å². The number of benzene rings is 1. The molecule has 2 bridgehead atoms. The molecule has 3 aromatic heterocycles. The Kier molecular flexibility index (Phi) is 3.76. The number of aromatic nitrogens is 5. The van der Waals surface area contributed by atoms with Gasteiger partial charge >= 0.3 is 0 Å². The van der Waals surface area contributed by atoms with Gasteiger partial charge in [0.2, 0.25) is 5.95 Å². The molecule has 0 unspecified atom stereocenters. The summed E-state index contributed by atoms with van der Waals surface area (Å²) in [7, 11) is 0. The predicted octanol–water partition coefficient (Wildman–Crippen LogP) is 2.32. The number of hydrogen-bond donors (Lipinski definition) is 2. The van der Waals surface area contributed by atoms with Crippen LogP contribution < -0.4 is 9.80 Å². The van der Waals surface area contributed by atoms with Crippen LogP contribution in [0.5, 0.6) is 0 Å². The lowest BCUT2D eigenvalue weighted by atomic mass is 10.1. The van der Waals surface area contributed by atoms with Crippen LogP contribution in [-0.4, -0.2) is 76.5 Å². The first-order valence-corrected chi connectivity index (χ1v) is 10.9. The molecule has 3 aliphatic heterocycles. The molecule has 7 rings (SSSR count). The molecule has 9 heteroatoms. The van der Waals surface area contributed by atoms with E-state index in [-0.39, 0.29) is 6.10 Å². The Morgan fingerprint density at radius 2 is 2.00 bits per heavy atom. The molecule has 31 heavy (non-hydrogen) atoms. The van der Waals surface area contributed by atoms with Gasteiger partial charge in [-0.1, -0.05) is 12.1 Å². The molecular weight excluding hydrogens is 394 g/mol. The van der Waals surface area contributed by atoms with Crippen LogP contribution in [0.15, 0.2) is 30.5 Å². The summed E-state index contributed by atoms with van der Waals surface area (Å²) >= 11 is 0. The summed E-state index contributed by atoms with van der Waals surface area (Å²) in [6, 6.07) is 8.75. The fourth-order valence-electron chi connectivity index (χ4n) is 4.97. The number of aromatic amines is 2. The van der Waals surface area contributed by atoms with Crippen molar-refractivity contribution < 1.29 is 9.47 Å². The first kappa shape index (κ1) is 17.5. The minimum absolute atomic E-state index is 0.288. The van der Waals surface area contributed by atoms with E-state index in [2.05, 4.69) is 44.0 Å². The third-order valence-electron chi connectivity index (χ3n) is 6.61. The maximum atomic E-state index is 5.83. The molecule has 3 fully saturated rings. The highest BCUT2D eigenvalue weighted by atomic mass is 16.5. The van der Waals surface area contributed by atoms with Crippen LogP contribution in [0.2, 0.25) is 0 Å². The van der Waals surface area contributed by atoms with Crippen LogP contribution in [0.1, 0.15) is 6.42 Å². The second-order valence-electron chi connectivity index (χ2n) is 8.51. The van der Waals surface area contributed by atoms with Gasteiger partial charge in [-0.25, -0.2) is 4.98 Å². The first-order chi connectivity index (χ1) is 15.3. The first-order valence-electron chi connectivity index (χ1n) is 10.9. The summed E-state index contributed by atoms with van der Waals surface area (Å²) in [5, 5.41) is 1.18. The third-order valence-corrected chi connectivity index (χ3v) is 6.61. The number of hydrogen-bond acceptors (Lipinski definition) is 7. The van der Waals surface area contributed by atoms with Crippen molar-refractivity contribution in [3.8, 4) is 11.4 Å². The Hall–Kier alpha value is -3.17. The van der Waals surface area contributed by atoms with Crippen LogP contribution in [0.25, 0.3) is 33.5 Å². The Morgan fingerprint density at radius 3 is 2.84 bits per heavy atom. The summed E-state index contributed by atoms with van der Waals surface area (Å²) < 4.78 is 11.3. The fraction of sp³-hybridized carbons (Fsp3) is 0.409. The maximum Gasteiger partial charge on any atom is 0.229 e. The summed E-state index contributed by atoms with van der Waals surface area (Å²) in [5.41, 5.74) is 3.72. The topological polar surface area (TPSA) is 95.2 Å². The van der Waals surface area contributed by atoms with Gasteiger partial charge in [-0.15, -0.1) is 0 Å². The van der Waals surface area contributed by atoms with E-state index in [9.17, 15) is 0 Å². The van der Waals surface area contributed by atoms with Crippen LogP contribution >= 0.6 is 0 Å². The minimum atomic E-state index is 0.288. The van der Waals surface area contributed by atoms with Crippen molar-refractivity contribution in [2.75, 3.05) is 49.3 Å². The molecule has 2 N–H and O–H groups in total. The zero-order valence-electron chi connectivity index (χ0n) is 17.0. The van der Waals surface area contributed by atoms with Gasteiger partial charge in [-0.05, 0) is 23.9 Å². The number of rotatable bonds is 3. The zero-order chi connectivity index (χ0) is 20.4. The number of morpholine rings is 2. The molecule has 0 radical (unpaired) electrons. The monoisotopic (exact) mass is 417 g/mol. The van der Waals surface area contributed by atoms with Crippen molar-refractivity contribution in [3.05, 3.63) is 30.5 Å². The maximum absolute atomic E-state index is 5.83. The van der Waals surface area contributed by atoms with Crippen molar-refractivity contribution >= 4 is 33.8 Å². The van der Waals surface area contributed by atoms with Crippen molar-refractivity contribution in [3.63, 3.8) is 0 Å². The van der Waals surface area contributed by atoms with Crippen molar-refractivity contribution in [1.29, 1.82) is 0 Å². The summed E-state index contributed by atoms with van der Waals surface area (Å²) in [4.78, 5) is 26.2. The highest BCUT2D eigenvalue weighted by Crippen LogP contribution is 2.36. The van der Waals surface area contributed by atoms with Crippen LogP contribution in [0.4, 0.5) is 11.8 Å². The van der Waals surface area contributed by atoms with Crippen LogP contribution in [0.3, 0.4) is 0 Å². The molecule has 3 saturated heterocycles. The molecule has 4 aromatic rings. The molecule has 0 amide bonds. The van der Waals surface area contributed by atoms with Crippen molar-refractivity contribution in [2.24, 2.45) is 0 Å². The van der Waals surface area contributed by atoms with E-state index in [1.165, 1.54) is 5.39 Å². The molecule has 2 atom stereocenters. The lowest BCUT2D eigenvalue weighted by Gasteiger charge is -2.30. The van der Waals surface area contributed by atoms with E-state index in [0.29, 0.717) is 19.3 Å². The number of imidazole rings is 1. The molecule has 0 saturated carbocycles. The van der Waals surface area contributed by atoms with Crippen LogP contribution in [-0.2, 0) is 9.47 Å². The smallest absolute Gasteiger partial charge is 0.229 e. The largest absolute Gasteiger partial charge is 0.378 e. The highest BCUT2D eigenvalue weighted by Gasteiger charge is 2.41. The van der Waals surface area contributed by atoms with Gasteiger partial charge in [0, 0.05) is 36.9 Å². The second-order valence-corrected chi connectivity index (χ2v) is 8.51. The molecule has 0 aliphatic carbocycles. The number of anilines is 2. The number of fused-ring (bicyclic) bond motifs is 4. The summed E-state index contributed by atoms with van der Waals surface area (Å²) in [6.45, 7) is 4.60. The van der Waals surface area contributed by atoms with Gasteiger partial charge in [0.15, 0.2) is 17.0 Å². The van der Waals surface area contributed by atoms with E-state index >= 15 is 0 Å². The average molecular weight is 417 g/mol. The van der Waals surface area contributed by atoms with E-state index in [4.69, 9.17) is 24.4 Å². The minimum Gasteiger partial charge on any atom is -0.378 e. The lowest BCUT2D eigenvalue weighted by Crippen LogP contribution is -2.40.